The Morgan fingerprint density at radius 3 is 2.61 bits per heavy atom. The molecule has 0 spiro atoms. The van der Waals surface area contributed by atoms with Crippen LogP contribution in [-0.4, -0.2) is 35.0 Å². The molecule has 0 saturated carbocycles. The van der Waals surface area contributed by atoms with E-state index in [0.717, 1.165) is 0 Å². The lowest BCUT2D eigenvalue weighted by Crippen LogP contribution is -2.29. The van der Waals surface area contributed by atoms with Crippen LogP contribution in [0.5, 0.6) is 0 Å². The summed E-state index contributed by atoms with van der Waals surface area (Å²) in [5.74, 6) is -1.87. The fourth-order valence-electron chi connectivity index (χ4n) is 2.56. The van der Waals surface area contributed by atoms with Gasteiger partial charge in [-0.3, -0.25) is 9.59 Å². The molecule has 3 rings (SSSR count). The number of hydrogen-bond donors (Lipinski definition) is 1. The summed E-state index contributed by atoms with van der Waals surface area (Å²) in [5.41, 5.74) is 0.469. The highest BCUT2D eigenvalue weighted by molar-refractivity contribution is 7.17. The van der Waals surface area contributed by atoms with Crippen LogP contribution in [0.15, 0.2) is 36.4 Å². The number of likely N-dealkylation sites (tertiary alicyclic amines) is 1. The van der Waals surface area contributed by atoms with E-state index in [0.29, 0.717) is 28.3 Å². The Morgan fingerprint density at radius 1 is 1.22 bits per heavy atom. The quantitative estimate of drug-likeness (QED) is 0.916. The van der Waals surface area contributed by atoms with E-state index in [4.69, 9.17) is 5.11 Å². The zero-order valence-electron chi connectivity index (χ0n) is 12.1. The number of aliphatic carboxylic acids is 1. The summed E-state index contributed by atoms with van der Waals surface area (Å²) in [6, 6.07) is 9.82. The summed E-state index contributed by atoms with van der Waals surface area (Å²) in [5, 5.41) is 8.99. The Hall–Kier alpha value is -1.92. The minimum absolute atomic E-state index is 0. The number of carbonyl (C=O) groups is 2. The Balaban J connectivity index is 0.00000192. The fraction of sp³-hybridized carbons (Fsp3) is 0.250. The number of benzene rings is 1. The maximum absolute atomic E-state index is 13.8. The minimum Gasteiger partial charge on any atom is -0.481 e. The van der Waals surface area contributed by atoms with Crippen molar-refractivity contribution in [2.24, 2.45) is 5.92 Å². The number of hydrogen-bond acceptors (Lipinski definition) is 3. The van der Waals surface area contributed by atoms with E-state index in [2.05, 4.69) is 0 Å². The molecular formula is C16H15ClFNO3S. The highest BCUT2D eigenvalue weighted by Crippen LogP contribution is 2.31. The van der Waals surface area contributed by atoms with Crippen molar-refractivity contribution < 1.29 is 19.1 Å². The summed E-state index contributed by atoms with van der Waals surface area (Å²) in [6.45, 7) is 0.684. The topological polar surface area (TPSA) is 57.6 Å². The van der Waals surface area contributed by atoms with Crippen LogP contribution in [-0.2, 0) is 4.79 Å². The van der Waals surface area contributed by atoms with Crippen molar-refractivity contribution >= 4 is 35.6 Å². The molecule has 1 unspecified atom stereocenters. The predicted molar refractivity (Wildman–Crippen MR) is 88.6 cm³/mol. The van der Waals surface area contributed by atoms with Crippen molar-refractivity contribution in [2.75, 3.05) is 13.1 Å². The Morgan fingerprint density at radius 2 is 1.96 bits per heavy atom. The second-order valence-electron chi connectivity index (χ2n) is 5.22. The van der Waals surface area contributed by atoms with Gasteiger partial charge in [0.15, 0.2) is 0 Å². The summed E-state index contributed by atoms with van der Waals surface area (Å²) >= 11 is 1.23. The predicted octanol–water partition coefficient (Wildman–Crippen LogP) is 3.52. The van der Waals surface area contributed by atoms with Crippen molar-refractivity contribution in [2.45, 2.75) is 6.42 Å². The smallest absolute Gasteiger partial charge is 0.308 e. The number of carbonyl (C=O) groups excluding carboxylic acids is 1. The molecule has 0 bridgehead atoms. The normalized spacial score (nSPS) is 16.9. The van der Waals surface area contributed by atoms with Gasteiger partial charge in [-0.15, -0.1) is 23.7 Å². The highest BCUT2D eigenvalue weighted by atomic mass is 35.5. The van der Waals surface area contributed by atoms with Crippen LogP contribution in [0.2, 0.25) is 0 Å². The molecule has 1 fully saturated rings. The third-order valence-corrected chi connectivity index (χ3v) is 4.89. The first-order valence-electron chi connectivity index (χ1n) is 6.93. The van der Waals surface area contributed by atoms with Gasteiger partial charge in [-0.05, 0) is 24.6 Å². The van der Waals surface area contributed by atoms with Gasteiger partial charge < -0.3 is 10.0 Å². The average molecular weight is 356 g/mol. The highest BCUT2D eigenvalue weighted by Gasteiger charge is 2.31. The zero-order valence-corrected chi connectivity index (χ0v) is 13.7. The molecule has 2 aromatic rings. The summed E-state index contributed by atoms with van der Waals surface area (Å²) < 4.78 is 13.8. The van der Waals surface area contributed by atoms with Gasteiger partial charge in [0.2, 0.25) is 0 Å². The number of halogens is 2. The van der Waals surface area contributed by atoms with Crippen LogP contribution in [0.25, 0.3) is 10.4 Å². The number of rotatable bonds is 3. The lowest BCUT2D eigenvalue weighted by atomic mass is 10.1. The molecule has 1 amide bonds. The Labute approximate surface area is 143 Å². The number of amides is 1. The average Bonchev–Trinajstić information content (AvgIpc) is 3.17. The van der Waals surface area contributed by atoms with Crippen molar-refractivity contribution in [1.82, 2.24) is 4.90 Å². The molecule has 1 aliphatic heterocycles. The van der Waals surface area contributed by atoms with E-state index in [1.165, 1.54) is 17.4 Å². The molecule has 7 heteroatoms. The SMILES string of the molecule is Cl.O=C(O)C1CCN(C(=O)c2ccc(-c3ccccc3F)s2)C1. The van der Waals surface area contributed by atoms with Gasteiger partial charge in [0.1, 0.15) is 5.82 Å². The van der Waals surface area contributed by atoms with Crippen LogP contribution < -0.4 is 0 Å². The largest absolute Gasteiger partial charge is 0.481 e. The molecule has 23 heavy (non-hydrogen) atoms. The van der Waals surface area contributed by atoms with Crippen molar-refractivity contribution in [3.05, 3.63) is 47.1 Å². The van der Waals surface area contributed by atoms with Gasteiger partial charge in [0.25, 0.3) is 5.91 Å². The second kappa shape index (κ2) is 7.10. The van der Waals surface area contributed by atoms with Crippen molar-refractivity contribution in [3.63, 3.8) is 0 Å². The first kappa shape index (κ1) is 17.4. The Bertz CT molecular complexity index is 734. The van der Waals surface area contributed by atoms with E-state index in [9.17, 15) is 14.0 Å². The maximum Gasteiger partial charge on any atom is 0.308 e. The standard InChI is InChI=1S/C16H14FNO3S.ClH/c17-12-4-2-1-3-11(12)13-5-6-14(22-13)15(19)18-8-7-10(9-18)16(20)21;/h1-6,10H,7-9H2,(H,20,21);1H. The van der Waals surface area contributed by atoms with Crippen LogP contribution in [0.3, 0.4) is 0 Å². The van der Waals surface area contributed by atoms with Crippen LogP contribution in [0.4, 0.5) is 4.39 Å². The first-order chi connectivity index (χ1) is 10.6. The van der Waals surface area contributed by atoms with E-state index < -0.39 is 11.9 Å². The van der Waals surface area contributed by atoms with Crippen LogP contribution in [0.1, 0.15) is 16.1 Å². The lowest BCUT2D eigenvalue weighted by molar-refractivity contribution is -0.141. The van der Waals surface area contributed by atoms with Gasteiger partial charge in [-0.2, -0.15) is 0 Å². The molecule has 0 aliphatic carbocycles. The molecule has 122 valence electrons. The number of thiophene rings is 1. The molecular weight excluding hydrogens is 341 g/mol. The molecule has 1 aromatic carbocycles. The van der Waals surface area contributed by atoms with Gasteiger partial charge in [0, 0.05) is 23.5 Å². The number of carboxylic acid groups (broad SMARTS) is 1. The van der Waals surface area contributed by atoms with Gasteiger partial charge in [-0.25, -0.2) is 4.39 Å². The molecule has 0 radical (unpaired) electrons. The van der Waals surface area contributed by atoms with Gasteiger partial charge >= 0.3 is 5.97 Å². The summed E-state index contributed by atoms with van der Waals surface area (Å²) in [6.07, 6.45) is 0.479. The van der Waals surface area contributed by atoms with Crippen molar-refractivity contribution in [3.8, 4) is 10.4 Å². The monoisotopic (exact) mass is 355 g/mol. The zero-order chi connectivity index (χ0) is 15.7. The molecule has 1 aliphatic rings. The summed E-state index contributed by atoms with van der Waals surface area (Å²) in [7, 11) is 0. The lowest BCUT2D eigenvalue weighted by Gasteiger charge is -2.14. The van der Waals surface area contributed by atoms with Crippen LogP contribution >= 0.6 is 23.7 Å². The Kier molecular flexibility index (Phi) is 5.38. The molecule has 1 aromatic heterocycles. The van der Waals surface area contributed by atoms with E-state index >= 15 is 0 Å². The van der Waals surface area contributed by atoms with Gasteiger partial charge in [0.05, 0.1) is 10.8 Å². The van der Waals surface area contributed by atoms with Crippen molar-refractivity contribution in [1.29, 1.82) is 0 Å². The van der Waals surface area contributed by atoms with Crippen LogP contribution in [0, 0.1) is 11.7 Å². The van der Waals surface area contributed by atoms with E-state index in [-0.39, 0.29) is 30.7 Å². The third kappa shape index (κ3) is 3.54. The van der Waals surface area contributed by atoms with E-state index in [1.54, 1.807) is 35.2 Å². The number of carboxylic acids is 1. The second-order valence-corrected chi connectivity index (χ2v) is 6.30. The first-order valence-corrected chi connectivity index (χ1v) is 7.74. The molecule has 1 atom stereocenters. The molecule has 2 heterocycles. The minimum atomic E-state index is -0.867. The maximum atomic E-state index is 13.8. The fourth-order valence-corrected chi connectivity index (χ4v) is 3.56. The molecule has 4 nitrogen and oxygen atoms in total. The molecule has 1 saturated heterocycles. The number of nitrogens with zero attached hydrogens (tertiary/aromatic N) is 1. The third-order valence-electron chi connectivity index (χ3n) is 3.78. The molecule has 1 N–H and O–H groups in total. The van der Waals surface area contributed by atoms with Gasteiger partial charge in [-0.1, -0.05) is 18.2 Å². The van der Waals surface area contributed by atoms with E-state index in [1.807, 2.05) is 0 Å². The summed E-state index contributed by atoms with van der Waals surface area (Å²) in [4.78, 5) is 26.1.